The van der Waals surface area contributed by atoms with Gasteiger partial charge >= 0.3 is 101 Å². The predicted molar refractivity (Wildman–Crippen MR) is 69.9 cm³/mol. The second kappa shape index (κ2) is 4.79. The summed E-state index contributed by atoms with van der Waals surface area (Å²) in [4.78, 5) is 0. The molecule has 0 aliphatic rings. The van der Waals surface area contributed by atoms with Gasteiger partial charge in [-0.1, -0.05) is 0 Å². The van der Waals surface area contributed by atoms with Crippen LogP contribution in [0.15, 0.2) is 0 Å². The Hall–Kier alpha value is 1.16. The first-order valence-electron chi connectivity index (χ1n) is 4.42. The van der Waals surface area contributed by atoms with Gasteiger partial charge in [-0.3, -0.25) is 0 Å². The van der Waals surface area contributed by atoms with Crippen LogP contribution in [0.4, 0.5) is 0 Å². The van der Waals surface area contributed by atoms with Crippen LogP contribution in [0.25, 0.3) is 0 Å². The van der Waals surface area contributed by atoms with Gasteiger partial charge in [0, 0.05) is 0 Å². The molecule has 0 unspecified atom stereocenters. The SMILES string of the molecule is CC(C)(C)C(=P)P=[C]([Sb])C(C)(C)C. The topological polar surface area (TPSA) is 0 Å². The summed E-state index contributed by atoms with van der Waals surface area (Å²) in [5.74, 6) is 0. The average Bonchev–Trinajstić information content (AvgIpc) is 1.82. The van der Waals surface area contributed by atoms with Crippen molar-refractivity contribution in [3.05, 3.63) is 0 Å². The van der Waals surface area contributed by atoms with Gasteiger partial charge in [-0.05, 0) is 0 Å². The van der Waals surface area contributed by atoms with Gasteiger partial charge in [-0.2, -0.15) is 0 Å². The molecule has 0 aliphatic carbocycles. The fourth-order valence-electron chi connectivity index (χ4n) is 0.441. The van der Waals surface area contributed by atoms with Crippen LogP contribution in [-0.4, -0.2) is 31.3 Å². The summed E-state index contributed by atoms with van der Waals surface area (Å²) in [6, 6.07) is 0. The Kier molecular flexibility index (Phi) is 5.21. The first kappa shape index (κ1) is 14.2. The molecule has 0 aromatic rings. The van der Waals surface area contributed by atoms with Crippen molar-refractivity contribution in [2.45, 2.75) is 41.5 Å². The molecular formula is C10H19P2Sb. The van der Waals surface area contributed by atoms with Crippen molar-refractivity contribution in [1.29, 1.82) is 0 Å². The maximum atomic E-state index is 3.74. The molecule has 13 heavy (non-hydrogen) atoms. The zero-order valence-corrected chi connectivity index (χ0v) is 13.8. The van der Waals surface area contributed by atoms with Crippen molar-refractivity contribution in [2.75, 3.05) is 0 Å². The Bertz CT molecular complexity index is 228. The van der Waals surface area contributed by atoms with Crippen molar-refractivity contribution in [3.8, 4) is 0 Å². The molecule has 0 rings (SSSR count). The molecule has 2 radical (unpaired) electrons. The number of hydrogen-bond donors (Lipinski definition) is 0. The molecule has 74 valence electrons. The molecule has 3 heteroatoms. The zero-order valence-electron chi connectivity index (χ0n) is 9.39. The summed E-state index contributed by atoms with van der Waals surface area (Å²) < 4.78 is 1.56. The maximum absolute atomic E-state index is 3.74. The fourth-order valence-corrected chi connectivity index (χ4v) is 3.35. The molecule has 0 aromatic heterocycles. The summed E-state index contributed by atoms with van der Waals surface area (Å²) in [6.07, 6.45) is 0. The summed E-state index contributed by atoms with van der Waals surface area (Å²) in [7, 11) is 5.10. The van der Waals surface area contributed by atoms with E-state index in [1.807, 2.05) is 23.0 Å². The van der Waals surface area contributed by atoms with Crippen LogP contribution < -0.4 is 0 Å². The van der Waals surface area contributed by atoms with Gasteiger partial charge in [0.25, 0.3) is 0 Å². The van der Waals surface area contributed by atoms with E-state index in [2.05, 4.69) is 50.4 Å². The van der Waals surface area contributed by atoms with Crippen molar-refractivity contribution in [1.82, 2.24) is 0 Å². The molecule has 0 spiro atoms. The van der Waals surface area contributed by atoms with E-state index < -0.39 is 0 Å². The van der Waals surface area contributed by atoms with Crippen molar-refractivity contribution in [2.24, 2.45) is 10.8 Å². The van der Waals surface area contributed by atoms with E-state index >= 15 is 0 Å². The van der Waals surface area contributed by atoms with Gasteiger partial charge < -0.3 is 0 Å². The number of rotatable bonds is 1. The van der Waals surface area contributed by atoms with Crippen LogP contribution >= 0.6 is 17.1 Å². The first-order chi connectivity index (χ1) is 5.55. The van der Waals surface area contributed by atoms with Crippen molar-refractivity contribution >= 4 is 48.4 Å². The van der Waals surface area contributed by atoms with Gasteiger partial charge in [-0.15, -0.1) is 0 Å². The van der Waals surface area contributed by atoms with Crippen LogP contribution in [0.2, 0.25) is 0 Å². The zero-order chi connectivity index (χ0) is 10.9. The van der Waals surface area contributed by atoms with Crippen molar-refractivity contribution in [3.63, 3.8) is 0 Å². The van der Waals surface area contributed by atoms with E-state index in [9.17, 15) is 0 Å². The summed E-state index contributed by atoms with van der Waals surface area (Å²) in [5, 5.41) is 1.37. The van der Waals surface area contributed by atoms with Gasteiger partial charge in [-0.25, -0.2) is 0 Å². The van der Waals surface area contributed by atoms with Gasteiger partial charge in [0.2, 0.25) is 0 Å². The molecule has 0 heterocycles. The fraction of sp³-hybridized carbons (Fsp3) is 0.800. The molecule has 0 atom stereocenters. The Labute approximate surface area is 100 Å². The Morgan fingerprint density at radius 3 is 1.62 bits per heavy atom. The van der Waals surface area contributed by atoms with Gasteiger partial charge in [0.15, 0.2) is 0 Å². The summed E-state index contributed by atoms with van der Waals surface area (Å²) >= 11 is 1.85. The summed E-state index contributed by atoms with van der Waals surface area (Å²) in [5.41, 5.74) is 0.595. The molecule has 0 bridgehead atoms. The third-order valence-corrected chi connectivity index (χ3v) is 7.23. The van der Waals surface area contributed by atoms with E-state index in [4.69, 9.17) is 0 Å². The van der Waals surface area contributed by atoms with E-state index in [1.54, 1.807) is 3.24 Å². The molecule has 0 aromatic carbocycles. The molecule has 0 amide bonds. The number of hydrogen-bond acceptors (Lipinski definition) is 0. The molecule has 0 fully saturated rings. The van der Waals surface area contributed by atoms with Crippen LogP contribution in [0.3, 0.4) is 0 Å². The van der Waals surface area contributed by atoms with Gasteiger partial charge in [0.05, 0.1) is 0 Å². The second-order valence-corrected chi connectivity index (χ2v) is 9.65. The quantitative estimate of drug-likeness (QED) is 0.511. The predicted octanol–water partition coefficient (Wildman–Crippen LogP) is 3.60. The average molecular weight is 323 g/mol. The monoisotopic (exact) mass is 322 g/mol. The molecule has 0 saturated carbocycles. The second-order valence-electron chi connectivity index (χ2n) is 5.28. The van der Waals surface area contributed by atoms with Crippen LogP contribution in [0.5, 0.6) is 0 Å². The molecule has 0 aliphatic heterocycles. The Morgan fingerprint density at radius 2 is 1.38 bits per heavy atom. The third kappa shape index (κ3) is 5.56. The van der Waals surface area contributed by atoms with E-state index in [-0.39, 0.29) is 5.41 Å². The third-order valence-electron chi connectivity index (χ3n) is 1.60. The van der Waals surface area contributed by atoms with E-state index in [1.165, 1.54) is 13.2 Å². The minimum absolute atomic E-state index is 0.263. The first-order valence-corrected chi connectivity index (χ1v) is 7.09. The van der Waals surface area contributed by atoms with Crippen LogP contribution in [0, 0.1) is 10.8 Å². The minimum atomic E-state index is 0.263. The molecule has 0 saturated heterocycles. The standard InChI is InChI=1S/C10H19P2.Sb/c1-9(2,3)7-12-8(11)10(4,5)6;/h11H,1-6H3;. The Morgan fingerprint density at radius 1 is 1.00 bits per heavy atom. The van der Waals surface area contributed by atoms with E-state index in [0.717, 1.165) is 0 Å². The molecule has 0 N–H and O–H groups in total. The van der Waals surface area contributed by atoms with Gasteiger partial charge in [0.1, 0.15) is 0 Å². The summed E-state index contributed by atoms with van der Waals surface area (Å²) in [6.45, 7) is 13.5. The van der Waals surface area contributed by atoms with Crippen LogP contribution in [0.1, 0.15) is 41.5 Å². The molecular weight excluding hydrogens is 304 g/mol. The molecule has 0 nitrogen and oxygen atoms in total. The van der Waals surface area contributed by atoms with Crippen molar-refractivity contribution < 1.29 is 0 Å². The van der Waals surface area contributed by atoms with E-state index in [0.29, 0.717) is 5.41 Å². The van der Waals surface area contributed by atoms with Crippen LogP contribution in [-0.2, 0) is 0 Å². The Balaban J connectivity index is 4.70. The normalized spacial score (nSPS) is 14.5.